The Morgan fingerprint density at radius 2 is 1.97 bits per heavy atom. The first-order chi connectivity index (χ1) is 15.7. The van der Waals surface area contributed by atoms with Crippen molar-refractivity contribution in [1.82, 2.24) is 19.6 Å². The summed E-state index contributed by atoms with van der Waals surface area (Å²) in [5.41, 5.74) is 1.61. The van der Waals surface area contributed by atoms with Crippen LogP contribution in [0.4, 0.5) is 5.69 Å². The van der Waals surface area contributed by atoms with Crippen LogP contribution in [0.5, 0.6) is 17.2 Å². The maximum atomic E-state index is 12.5. The van der Waals surface area contributed by atoms with Gasteiger partial charge in [-0.3, -0.25) is 14.2 Å². The predicted molar refractivity (Wildman–Crippen MR) is 113 cm³/mol. The van der Waals surface area contributed by atoms with Crippen molar-refractivity contribution in [3.63, 3.8) is 0 Å². The van der Waals surface area contributed by atoms with Crippen LogP contribution in [0.1, 0.15) is 28.8 Å². The van der Waals surface area contributed by atoms with Crippen LogP contribution in [-0.2, 0) is 19.7 Å². The minimum Gasteiger partial charge on any atom is -0.486 e. The number of hydrogen-bond donors (Lipinski definition) is 1. The van der Waals surface area contributed by atoms with Gasteiger partial charge in [0, 0.05) is 30.6 Å². The van der Waals surface area contributed by atoms with Gasteiger partial charge < -0.3 is 23.9 Å². The molecule has 0 saturated carbocycles. The molecule has 1 aliphatic rings. The maximum Gasteiger partial charge on any atom is 0.291 e. The van der Waals surface area contributed by atoms with Gasteiger partial charge in [0.2, 0.25) is 6.79 Å². The molecule has 1 amide bonds. The molecule has 0 atom stereocenters. The third-order valence-electron chi connectivity index (χ3n) is 4.86. The van der Waals surface area contributed by atoms with E-state index < -0.39 is 0 Å². The molecule has 4 aromatic rings. The minimum absolute atomic E-state index is 0.177. The number of aromatic nitrogens is 4. The number of ether oxygens (including phenoxy) is 3. The molecular weight excluding hydrogens is 414 g/mol. The van der Waals surface area contributed by atoms with Crippen molar-refractivity contribution >= 4 is 11.6 Å². The van der Waals surface area contributed by atoms with Crippen molar-refractivity contribution in [2.75, 3.05) is 12.1 Å². The number of aryl methyl sites for hydroxylation is 1. The summed E-state index contributed by atoms with van der Waals surface area (Å²) in [6, 6.07) is 8.64. The third-order valence-corrected chi connectivity index (χ3v) is 4.86. The Morgan fingerprint density at radius 1 is 1.09 bits per heavy atom. The van der Waals surface area contributed by atoms with E-state index in [1.165, 1.54) is 0 Å². The molecular formula is C22H21N5O5. The molecule has 3 aromatic heterocycles. The van der Waals surface area contributed by atoms with Crippen molar-refractivity contribution < 1.29 is 23.4 Å². The van der Waals surface area contributed by atoms with E-state index >= 15 is 0 Å². The first kappa shape index (κ1) is 19.7. The molecule has 10 heteroatoms. The Bertz CT molecular complexity index is 1240. The highest BCUT2D eigenvalue weighted by Crippen LogP contribution is 2.35. The Hall–Kier alpha value is -4.21. The summed E-state index contributed by atoms with van der Waals surface area (Å²) < 4.78 is 25.5. The SMILES string of the molecule is CCn1cc(Cn2cc(NC(=O)c3ccc(COc4ccc5c(c4)OCO5)o3)cn2)cn1. The summed E-state index contributed by atoms with van der Waals surface area (Å²) in [6.07, 6.45) is 7.12. The van der Waals surface area contributed by atoms with E-state index in [-0.39, 0.29) is 25.1 Å². The highest BCUT2D eigenvalue weighted by molar-refractivity contribution is 6.02. The molecule has 1 aromatic carbocycles. The second kappa shape index (κ2) is 8.50. The highest BCUT2D eigenvalue weighted by Gasteiger charge is 2.15. The zero-order valence-electron chi connectivity index (χ0n) is 17.4. The van der Waals surface area contributed by atoms with Gasteiger partial charge in [0.1, 0.15) is 18.1 Å². The van der Waals surface area contributed by atoms with E-state index in [0.29, 0.717) is 35.2 Å². The number of nitrogens with one attached hydrogen (secondary N) is 1. The summed E-state index contributed by atoms with van der Waals surface area (Å²) in [5.74, 6) is 2.30. The monoisotopic (exact) mass is 435 g/mol. The summed E-state index contributed by atoms with van der Waals surface area (Å²) in [5, 5.41) is 11.3. The van der Waals surface area contributed by atoms with Crippen molar-refractivity contribution in [3.05, 3.63) is 72.2 Å². The predicted octanol–water partition coefficient (Wildman–Crippen LogP) is 3.30. The molecule has 0 aliphatic carbocycles. The first-order valence-electron chi connectivity index (χ1n) is 10.1. The van der Waals surface area contributed by atoms with E-state index in [2.05, 4.69) is 15.5 Å². The summed E-state index contributed by atoms with van der Waals surface area (Å²) in [4.78, 5) is 12.5. The second-order valence-electron chi connectivity index (χ2n) is 7.15. The van der Waals surface area contributed by atoms with Gasteiger partial charge in [-0.25, -0.2) is 0 Å². The number of benzene rings is 1. The van der Waals surface area contributed by atoms with Crippen molar-refractivity contribution in [3.8, 4) is 17.2 Å². The van der Waals surface area contributed by atoms with Crippen LogP contribution < -0.4 is 19.5 Å². The van der Waals surface area contributed by atoms with E-state index in [0.717, 1.165) is 12.1 Å². The summed E-state index contributed by atoms with van der Waals surface area (Å²) in [6.45, 7) is 3.79. The molecule has 1 aliphatic heterocycles. The summed E-state index contributed by atoms with van der Waals surface area (Å²) in [7, 11) is 0. The van der Waals surface area contributed by atoms with Crippen LogP contribution in [-0.4, -0.2) is 32.3 Å². The largest absolute Gasteiger partial charge is 0.486 e. The van der Waals surface area contributed by atoms with Gasteiger partial charge >= 0.3 is 0 Å². The number of hydrogen-bond acceptors (Lipinski definition) is 7. The molecule has 10 nitrogen and oxygen atoms in total. The minimum atomic E-state index is -0.363. The Labute approximate surface area is 183 Å². The van der Waals surface area contributed by atoms with Crippen LogP contribution in [0.15, 0.2) is 59.5 Å². The third kappa shape index (κ3) is 4.29. The molecule has 4 heterocycles. The van der Waals surface area contributed by atoms with Crippen LogP contribution in [0.2, 0.25) is 0 Å². The zero-order chi connectivity index (χ0) is 21.9. The van der Waals surface area contributed by atoms with Crippen molar-refractivity contribution in [2.24, 2.45) is 0 Å². The van der Waals surface area contributed by atoms with Gasteiger partial charge in [-0.15, -0.1) is 0 Å². The Balaban J connectivity index is 1.16. The average molecular weight is 435 g/mol. The van der Waals surface area contributed by atoms with Gasteiger partial charge in [0.25, 0.3) is 5.91 Å². The Morgan fingerprint density at radius 3 is 2.84 bits per heavy atom. The van der Waals surface area contributed by atoms with Gasteiger partial charge in [0.15, 0.2) is 17.3 Å². The van der Waals surface area contributed by atoms with Gasteiger partial charge in [-0.1, -0.05) is 0 Å². The number of amides is 1. The summed E-state index contributed by atoms with van der Waals surface area (Å²) >= 11 is 0. The molecule has 32 heavy (non-hydrogen) atoms. The molecule has 5 rings (SSSR count). The molecule has 0 bridgehead atoms. The average Bonchev–Trinajstić information content (AvgIpc) is 3.59. The molecule has 0 radical (unpaired) electrons. The number of nitrogens with zero attached hydrogens (tertiary/aromatic N) is 4. The molecule has 0 unspecified atom stereocenters. The lowest BCUT2D eigenvalue weighted by molar-refractivity contribution is 0.0992. The lowest BCUT2D eigenvalue weighted by Gasteiger charge is -2.05. The van der Waals surface area contributed by atoms with Crippen LogP contribution >= 0.6 is 0 Å². The van der Waals surface area contributed by atoms with E-state index in [9.17, 15) is 4.79 Å². The fourth-order valence-corrected chi connectivity index (χ4v) is 3.25. The van der Waals surface area contributed by atoms with Gasteiger partial charge in [-0.2, -0.15) is 10.2 Å². The number of rotatable bonds is 8. The Kier molecular flexibility index (Phi) is 5.24. The van der Waals surface area contributed by atoms with Gasteiger partial charge in [0.05, 0.1) is 24.6 Å². The topological polar surface area (TPSA) is 106 Å². The smallest absolute Gasteiger partial charge is 0.291 e. The lowest BCUT2D eigenvalue weighted by Crippen LogP contribution is -2.10. The maximum absolute atomic E-state index is 12.5. The quantitative estimate of drug-likeness (QED) is 0.453. The van der Waals surface area contributed by atoms with Crippen LogP contribution in [0.3, 0.4) is 0 Å². The number of carbonyl (C=O) groups excluding carboxylic acids is 1. The number of anilines is 1. The normalized spacial score (nSPS) is 12.2. The van der Waals surface area contributed by atoms with E-state index in [1.807, 2.05) is 17.8 Å². The highest BCUT2D eigenvalue weighted by atomic mass is 16.7. The molecule has 0 saturated heterocycles. The standard InChI is InChI=1S/C22H21N5O5/c1-2-26-10-15(8-23-26)11-27-12-16(9-24-27)25-22(28)20-6-4-18(32-20)13-29-17-3-5-19-21(7-17)31-14-30-19/h3-10,12H,2,11,13-14H2,1H3,(H,25,28). The van der Waals surface area contributed by atoms with Crippen molar-refractivity contribution in [2.45, 2.75) is 26.6 Å². The lowest BCUT2D eigenvalue weighted by atomic mass is 10.3. The fraction of sp³-hybridized carbons (Fsp3) is 0.227. The van der Waals surface area contributed by atoms with Crippen LogP contribution in [0, 0.1) is 0 Å². The fourth-order valence-electron chi connectivity index (χ4n) is 3.25. The van der Waals surface area contributed by atoms with Crippen LogP contribution in [0.25, 0.3) is 0 Å². The first-order valence-corrected chi connectivity index (χ1v) is 10.1. The molecule has 164 valence electrons. The molecule has 0 spiro atoms. The molecule has 0 fully saturated rings. The second-order valence-corrected chi connectivity index (χ2v) is 7.15. The number of carbonyl (C=O) groups is 1. The van der Waals surface area contributed by atoms with Gasteiger partial charge in [-0.05, 0) is 31.2 Å². The van der Waals surface area contributed by atoms with Crippen molar-refractivity contribution in [1.29, 1.82) is 0 Å². The van der Waals surface area contributed by atoms with E-state index in [4.69, 9.17) is 18.6 Å². The number of fused-ring (bicyclic) bond motifs is 1. The zero-order valence-corrected chi connectivity index (χ0v) is 17.4. The van der Waals surface area contributed by atoms with E-state index in [1.54, 1.807) is 53.6 Å². The number of furan rings is 1. The molecule has 1 N–H and O–H groups in total.